The maximum atomic E-state index is 9.17. The van der Waals surface area contributed by atoms with E-state index in [1.165, 1.54) is 0 Å². The molecular formula is C25H23N5. The van der Waals surface area contributed by atoms with Gasteiger partial charge < -0.3 is 0 Å². The van der Waals surface area contributed by atoms with Gasteiger partial charge in [-0.1, -0.05) is 36.9 Å². The van der Waals surface area contributed by atoms with E-state index in [4.69, 9.17) is 5.10 Å². The third-order valence-electron chi connectivity index (χ3n) is 4.47. The molecule has 1 aliphatic rings. The topological polar surface area (TPSA) is 65.2 Å². The lowest BCUT2D eigenvalue weighted by Crippen LogP contribution is -2.23. The zero-order chi connectivity index (χ0) is 21.3. The lowest BCUT2D eigenvalue weighted by atomic mass is 10.1. The summed E-state index contributed by atoms with van der Waals surface area (Å²) in [5.74, 6) is 0.776. The molecule has 5 heteroatoms. The SMILES string of the molecule is C=C=C1C=CC(c2cccc(C#N)c2)=NN1CC(/C=C\C)=C/Cc1ncc(C)cn1. The summed E-state index contributed by atoms with van der Waals surface area (Å²) in [4.78, 5) is 8.74. The average Bonchev–Trinajstić information content (AvgIpc) is 2.78. The molecule has 2 heterocycles. The third kappa shape index (κ3) is 5.29. The van der Waals surface area contributed by atoms with Crippen molar-refractivity contribution in [2.24, 2.45) is 5.10 Å². The minimum Gasteiger partial charge on any atom is -0.253 e. The smallest absolute Gasteiger partial charge is 0.131 e. The molecule has 0 amide bonds. The van der Waals surface area contributed by atoms with Crippen LogP contribution in [-0.2, 0) is 6.42 Å². The fourth-order valence-corrected chi connectivity index (χ4v) is 2.95. The predicted molar refractivity (Wildman–Crippen MR) is 120 cm³/mol. The van der Waals surface area contributed by atoms with Gasteiger partial charge in [0.05, 0.1) is 23.9 Å². The van der Waals surface area contributed by atoms with Gasteiger partial charge in [-0.05, 0) is 49.3 Å². The summed E-state index contributed by atoms with van der Waals surface area (Å²) >= 11 is 0. The number of hydrazone groups is 1. The normalized spacial score (nSPS) is 13.9. The van der Waals surface area contributed by atoms with Gasteiger partial charge in [0.25, 0.3) is 0 Å². The Labute approximate surface area is 177 Å². The molecule has 30 heavy (non-hydrogen) atoms. The van der Waals surface area contributed by atoms with E-state index in [-0.39, 0.29) is 0 Å². The number of nitriles is 1. The van der Waals surface area contributed by atoms with Crippen LogP contribution < -0.4 is 0 Å². The predicted octanol–water partition coefficient (Wildman–Crippen LogP) is 4.65. The number of allylic oxidation sites excluding steroid dienone is 4. The van der Waals surface area contributed by atoms with Gasteiger partial charge >= 0.3 is 0 Å². The molecule has 1 aromatic heterocycles. The molecule has 0 saturated heterocycles. The number of hydrogen-bond donors (Lipinski definition) is 0. The van der Waals surface area contributed by atoms with Gasteiger partial charge in [0.15, 0.2) is 0 Å². The van der Waals surface area contributed by atoms with Crippen LogP contribution in [0.4, 0.5) is 0 Å². The highest BCUT2D eigenvalue weighted by molar-refractivity contribution is 6.09. The molecular weight excluding hydrogens is 370 g/mol. The van der Waals surface area contributed by atoms with Crippen LogP contribution in [-0.4, -0.2) is 27.2 Å². The minimum atomic E-state index is 0.555. The third-order valence-corrected chi connectivity index (χ3v) is 4.47. The van der Waals surface area contributed by atoms with Crippen LogP contribution in [0.2, 0.25) is 0 Å². The molecule has 1 aliphatic heterocycles. The zero-order valence-electron chi connectivity index (χ0n) is 17.2. The number of aryl methyl sites for hydroxylation is 1. The molecule has 0 unspecified atom stereocenters. The van der Waals surface area contributed by atoms with E-state index < -0.39 is 0 Å². The molecule has 0 spiro atoms. The van der Waals surface area contributed by atoms with Crippen LogP contribution in [0.15, 0.2) is 95.7 Å². The van der Waals surface area contributed by atoms with Crippen LogP contribution in [0.3, 0.4) is 0 Å². The fraction of sp³-hybridized carbons (Fsp3) is 0.160. The van der Waals surface area contributed by atoms with Crippen molar-refractivity contribution in [1.82, 2.24) is 15.0 Å². The summed E-state index contributed by atoms with van der Waals surface area (Å²) in [6, 6.07) is 9.60. The van der Waals surface area contributed by atoms with Crippen molar-refractivity contribution in [3.63, 3.8) is 0 Å². The van der Waals surface area contributed by atoms with Crippen LogP contribution in [0, 0.1) is 18.3 Å². The summed E-state index contributed by atoms with van der Waals surface area (Å²) < 4.78 is 0. The Kier molecular flexibility index (Phi) is 6.89. The van der Waals surface area contributed by atoms with E-state index in [1.807, 2.05) is 67.7 Å². The zero-order valence-corrected chi connectivity index (χ0v) is 17.2. The first kappa shape index (κ1) is 20.7. The Morgan fingerprint density at radius 2 is 2.03 bits per heavy atom. The fourth-order valence-electron chi connectivity index (χ4n) is 2.95. The van der Waals surface area contributed by atoms with E-state index in [9.17, 15) is 5.26 Å². The Balaban J connectivity index is 1.86. The first-order valence-corrected chi connectivity index (χ1v) is 9.67. The van der Waals surface area contributed by atoms with Crippen LogP contribution in [0.5, 0.6) is 0 Å². The molecule has 0 fully saturated rings. The van der Waals surface area contributed by atoms with Gasteiger partial charge in [0, 0.05) is 24.4 Å². The molecule has 148 valence electrons. The number of aromatic nitrogens is 2. The second-order valence-electron chi connectivity index (χ2n) is 6.79. The second kappa shape index (κ2) is 9.97. The molecule has 0 aliphatic carbocycles. The minimum absolute atomic E-state index is 0.555. The molecule has 3 rings (SSSR count). The van der Waals surface area contributed by atoms with Crippen molar-refractivity contribution in [3.8, 4) is 6.07 Å². The molecule has 0 bridgehead atoms. The van der Waals surface area contributed by atoms with E-state index in [0.29, 0.717) is 18.5 Å². The summed E-state index contributed by atoms with van der Waals surface area (Å²) in [7, 11) is 0. The first-order valence-electron chi connectivity index (χ1n) is 9.67. The maximum absolute atomic E-state index is 9.17. The largest absolute Gasteiger partial charge is 0.253 e. The van der Waals surface area contributed by atoms with Crippen molar-refractivity contribution < 1.29 is 0 Å². The first-order chi connectivity index (χ1) is 14.6. The Hall–Kier alpha value is -4.00. The van der Waals surface area contributed by atoms with Crippen LogP contribution in [0.25, 0.3) is 0 Å². The average molecular weight is 393 g/mol. The summed E-state index contributed by atoms with van der Waals surface area (Å²) in [6.45, 7) is 8.30. The van der Waals surface area contributed by atoms with Crippen molar-refractivity contribution >= 4 is 5.71 Å². The summed E-state index contributed by atoms with van der Waals surface area (Å²) in [5.41, 5.74) is 8.14. The van der Waals surface area contributed by atoms with Crippen LogP contribution in [0.1, 0.15) is 29.4 Å². The van der Waals surface area contributed by atoms with E-state index >= 15 is 0 Å². The molecule has 0 saturated carbocycles. The molecule has 1 aromatic carbocycles. The van der Waals surface area contributed by atoms with Gasteiger partial charge in [0.2, 0.25) is 0 Å². The summed E-state index contributed by atoms with van der Waals surface area (Å²) in [6.07, 6.45) is 14.3. The Morgan fingerprint density at radius 1 is 1.23 bits per heavy atom. The van der Waals surface area contributed by atoms with Gasteiger partial charge in [-0.25, -0.2) is 9.97 Å². The standard InChI is InChI=1S/C25H23N5/c1-4-7-20(10-13-25-27-16-19(3)17-28-25)18-30-23(5-2)11-12-24(29-30)22-9-6-8-21(14-22)15-26/h4,6-12,14,16-17H,2,13,18H2,1,3H3/b7-4-,20-10+. The van der Waals surface area contributed by atoms with Crippen molar-refractivity contribution in [1.29, 1.82) is 5.26 Å². The van der Waals surface area contributed by atoms with Crippen molar-refractivity contribution in [2.45, 2.75) is 20.3 Å². The summed E-state index contributed by atoms with van der Waals surface area (Å²) in [5, 5.41) is 15.8. The van der Waals surface area contributed by atoms with Gasteiger partial charge in [-0.3, -0.25) is 5.01 Å². The van der Waals surface area contributed by atoms with E-state index in [0.717, 1.165) is 33.9 Å². The van der Waals surface area contributed by atoms with Gasteiger partial charge in [-0.15, -0.1) is 5.73 Å². The Bertz CT molecular complexity index is 1120. The molecule has 0 N–H and O–H groups in total. The highest BCUT2D eigenvalue weighted by Gasteiger charge is 2.15. The van der Waals surface area contributed by atoms with E-state index in [2.05, 4.69) is 40.5 Å². The van der Waals surface area contributed by atoms with Crippen LogP contribution >= 0.6 is 0 Å². The van der Waals surface area contributed by atoms with Crippen molar-refractivity contribution in [3.05, 3.63) is 113 Å². The number of hydrogen-bond acceptors (Lipinski definition) is 5. The Morgan fingerprint density at radius 3 is 2.73 bits per heavy atom. The quantitative estimate of drug-likeness (QED) is 0.529. The lowest BCUT2D eigenvalue weighted by molar-refractivity contribution is 0.409. The number of benzene rings is 1. The number of rotatable bonds is 6. The van der Waals surface area contributed by atoms with Gasteiger partial charge in [0.1, 0.15) is 11.5 Å². The maximum Gasteiger partial charge on any atom is 0.131 e. The highest BCUT2D eigenvalue weighted by Crippen LogP contribution is 2.18. The van der Waals surface area contributed by atoms with Gasteiger partial charge in [-0.2, -0.15) is 10.4 Å². The lowest BCUT2D eigenvalue weighted by Gasteiger charge is -2.24. The molecule has 2 aromatic rings. The van der Waals surface area contributed by atoms with E-state index in [1.54, 1.807) is 6.07 Å². The molecule has 0 atom stereocenters. The molecule has 0 radical (unpaired) electrons. The van der Waals surface area contributed by atoms with Crippen molar-refractivity contribution in [2.75, 3.05) is 6.54 Å². The highest BCUT2D eigenvalue weighted by atomic mass is 15.5. The monoisotopic (exact) mass is 393 g/mol. The molecule has 5 nitrogen and oxygen atoms in total. The second-order valence-corrected chi connectivity index (χ2v) is 6.79. The number of nitrogens with zero attached hydrogens (tertiary/aromatic N) is 5.